The average molecular weight is 179 g/mol. The summed E-state index contributed by atoms with van der Waals surface area (Å²) in [7, 11) is 0. The number of hydrogen-bond acceptors (Lipinski definition) is 3. The van der Waals surface area contributed by atoms with E-state index >= 15 is 0 Å². The van der Waals surface area contributed by atoms with Crippen molar-refractivity contribution >= 4 is 11.5 Å². The number of hydrogen-bond donors (Lipinski definition) is 4. The van der Waals surface area contributed by atoms with Gasteiger partial charge in [-0.05, 0) is 24.3 Å². The molecule has 0 aliphatic heterocycles. The monoisotopic (exact) mass is 179 g/mol. The van der Waals surface area contributed by atoms with E-state index in [0.717, 1.165) is 5.69 Å². The number of phenols is 1. The van der Waals surface area contributed by atoms with Gasteiger partial charge in [0.1, 0.15) is 5.75 Å². The molecule has 5 N–H and O–H groups in total. The molecule has 0 aromatic heterocycles. The molecule has 0 unspecified atom stereocenters. The molecule has 1 aromatic rings. The molecular formula is C9H13N3O. The summed E-state index contributed by atoms with van der Waals surface area (Å²) >= 11 is 0. The molecule has 13 heavy (non-hydrogen) atoms. The van der Waals surface area contributed by atoms with E-state index in [1.807, 2.05) is 0 Å². The molecule has 0 aliphatic carbocycles. The van der Waals surface area contributed by atoms with Gasteiger partial charge in [0.25, 0.3) is 0 Å². The van der Waals surface area contributed by atoms with E-state index in [4.69, 9.17) is 16.2 Å². The van der Waals surface area contributed by atoms with Crippen LogP contribution in [0, 0.1) is 5.41 Å². The van der Waals surface area contributed by atoms with E-state index in [9.17, 15) is 0 Å². The number of nitrogens with one attached hydrogen (secondary N) is 2. The maximum atomic E-state index is 8.99. The van der Waals surface area contributed by atoms with Crippen LogP contribution in [0.15, 0.2) is 24.3 Å². The molecule has 0 amide bonds. The van der Waals surface area contributed by atoms with Gasteiger partial charge in [-0.2, -0.15) is 0 Å². The number of anilines is 1. The number of rotatable bonds is 4. The van der Waals surface area contributed by atoms with E-state index in [0.29, 0.717) is 13.0 Å². The standard InChI is InChI=1S/C9H13N3O/c10-9(11)5-6-12-7-1-3-8(13)4-2-7/h1-4,12-13H,5-6H2,(H3,10,11). The lowest BCUT2D eigenvalue weighted by Crippen LogP contribution is -2.14. The minimum Gasteiger partial charge on any atom is -0.508 e. The van der Waals surface area contributed by atoms with Gasteiger partial charge in [-0.1, -0.05) is 0 Å². The zero-order chi connectivity index (χ0) is 9.68. The first-order valence-electron chi connectivity index (χ1n) is 4.04. The minimum atomic E-state index is 0.172. The van der Waals surface area contributed by atoms with Gasteiger partial charge in [0.2, 0.25) is 0 Å². The quantitative estimate of drug-likeness (QED) is 0.317. The highest BCUT2D eigenvalue weighted by Gasteiger charge is 1.92. The van der Waals surface area contributed by atoms with Crippen molar-refractivity contribution in [1.29, 1.82) is 5.41 Å². The zero-order valence-electron chi connectivity index (χ0n) is 7.25. The van der Waals surface area contributed by atoms with Crippen LogP contribution in [0.1, 0.15) is 6.42 Å². The molecule has 4 nitrogen and oxygen atoms in total. The average Bonchev–Trinajstić information content (AvgIpc) is 2.08. The summed E-state index contributed by atoms with van der Waals surface area (Å²) in [5.41, 5.74) is 6.10. The van der Waals surface area contributed by atoms with Crippen LogP contribution < -0.4 is 11.1 Å². The summed E-state index contributed by atoms with van der Waals surface area (Å²) < 4.78 is 0. The van der Waals surface area contributed by atoms with Crippen LogP contribution in [0.2, 0.25) is 0 Å². The molecule has 0 spiro atoms. The summed E-state index contributed by atoms with van der Waals surface area (Å²) in [5, 5.41) is 19.1. The molecule has 0 atom stereocenters. The molecule has 0 saturated heterocycles. The summed E-state index contributed by atoms with van der Waals surface area (Å²) in [6.45, 7) is 0.639. The van der Waals surface area contributed by atoms with Crippen LogP contribution in [-0.4, -0.2) is 17.5 Å². The molecule has 0 bridgehead atoms. The first kappa shape index (κ1) is 9.38. The number of phenolic OH excluding ortho intramolecular Hbond substituents is 1. The fourth-order valence-electron chi connectivity index (χ4n) is 0.921. The van der Waals surface area contributed by atoms with Crippen LogP contribution in [0.4, 0.5) is 5.69 Å². The van der Waals surface area contributed by atoms with Crippen molar-refractivity contribution in [3.8, 4) is 5.75 Å². The normalized spacial score (nSPS) is 9.54. The summed E-state index contributed by atoms with van der Waals surface area (Å²) in [6, 6.07) is 6.76. The lowest BCUT2D eigenvalue weighted by atomic mass is 10.3. The Morgan fingerprint density at radius 3 is 2.54 bits per heavy atom. The van der Waals surface area contributed by atoms with Gasteiger partial charge in [0.05, 0.1) is 5.84 Å². The Kier molecular flexibility index (Phi) is 3.14. The second-order valence-electron chi connectivity index (χ2n) is 2.75. The zero-order valence-corrected chi connectivity index (χ0v) is 7.25. The molecule has 4 heteroatoms. The van der Waals surface area contributed by atoms with Crippen molar-refractivity contribution in [2.75, 3.05) is 11.9 Å². The Bertz CT molecular complexity index is 281. The smallest absolute Gasteiger partial charge is 0.115 e. The van der Waals surface area contributed by atoms with Gasteiger partial charge in [-0.25, -0.2) is 0 Å². The molecule has 0 aliphatic rings. The molecule has 1 aromatic carbocycles. The van der Waals surface area contributed by atoms with E-state index in [2.05, 4.69) is 5.32 Å². The molecule has 70 valence electrons. The molecule has 0 heterocycles. The fraction of sp³-hybridized carbons (Fsp3) is 0.222. The Hall–Kier alpha value is -1.71. The second kappa shape index (κ2) is 4.35. The number of nitrogens with two attached hydrogens (primary N) is 1. The lowest BCUT2D eigenvalue weighted by Gasteiger charge is -2.04. The summed E-state index contributed by atoms with van der Waals surface area (Å²) in [4.78, 5) is 0. The highest BCUT2D eigenvalue weighted by atomic mass is 16.3. The fourth-order valence-corrected chi connectivity index (χ4v) is 0.921. The van der Waals surface area contributed by atoms with Gasteiger partial charge < -0.3 is 16.2 Å². The first-order chi connectivity index (χ1) is 6.18. The molecule has 0 saturated carbocycles. The van der Waals surface area contributed by atoms with Crippen molar-refractivity contribution < 1.29 is 5.11 Å². The summed E-state index contributed by atoms with van der Waals surface area (Å²) in [6.07, 6.45) is 0.529. The Labute approximate surface area is 76.9 Å². The second-order valence-corrected chi connectivity index (χ2v) is 2.75. The van der Waals surface area contributed by atoms with Gasteiger partial charge in [-0.3, -0.25) is 5.41 Å². The van der Waals surface area contributed by atoms with Crippen molar-refractivity contribution in [2.45, 2.75) is 6.42 Å². The predicted octanol–water partition coefficient (Wildman–Crippen LogP) is 1.13. The van der Waals surface area contributed by atoms with Gasteiger partial charge in [-0.15, -0.1) is 0 Å². The van der Waals surface area contributed by atoms with Gasteiger partial charge >= 0.3 is 0 Å². The van der Waals surface area contributed by atoms with Crippen molar-refractivity contribution in [3.63, 3.8) is 0 Å². The van der Waals surface area contributed by atoms with E-state index in [-0.39, 0.29) is 11.6 Å². The van der Waals surface area contributed by atoms with Gasteiger partial charge in [0, 0.05) is 18.7 Å². The van der Waals surface area contributed by atoms with Gasteiger partial charge in [0.15, 0.2) is 0 Å². The van der Waals surface area contributed by atoms with E-state index in [1.165, 1.54) is 0 Å². The SMILES string of the molecule is N=C(N)CCNc1ccc(O)cc1. The predicted molar refractivity (Wildman–Crippen MR) is 53.1 cm³/mol. The highest BCUT2D eigenvalue weighted by molar-refractivity contribution is 5.77. The van der Waals surface area contributed by atoms with E-state index < -0.39 is 0 Å². The molecular weight excluding hydrogens is 166 g/mol. The van der Waals surface area contributed by atoms with Crippen molar-refractivity contribution in [1.82, 2.24) is 0 Å². The largest absolute Gasteiger partial charge is 0.508 e. The topological polar surface area (TPSA) is 82.1 Å². The van der Waals surface area contributed by atoms with Crippen LogP contribution in [-0.2, 0) is 0 Å². The molecule has 1 rings (SSSR count). The van der Waals surface area contributed by atoms with Crippen molar-refractivity contribution in [2.24, 2.45) is 5.73 Å². The van der Waals surface area contributed by atoms with E-state index in [1.54, 1.807) is 24.3 Å². The lowest BCUT2D eigenvalue weighted by molar-refractivity contribution is 0.475. The third-order valence-electron chi connectivity index (χ3n) is 1.59. The van der Waals surface area contributed by atoms with Crippen LogP contribution >= 0.6 is 0 Å². The maximum Gasteiger partial charge on any atom is 0.115 e. The Morgan fingerprint density at radius 1 is 1.38 bits per heavy atom. The molecule has 0 fully saturated rings. The number of benzene rings is 1. The minimum absolute atomic E-state index is 0.172. The van der Waals surface area contributed by atoms with Crippen molar-refractivity contribution in [3.05, 3.63) is 24.3 Å². The summed E-state index contributed by atoms with van der Waals surface area (Å²) in [5.74, 6) is 0.420. The molecule has 0 radical (unpaired) electrons. The van der Waals surface area contributed by atoms with Crippen LogP contribution in [0.25, 0.3) is 0 Å². The Morgan fingerprint density at radius 2 is 2.00 bits per heavy atom. The number of aromatic hydroxyl groups is 1. The first-order valence-corrected chi connectivity index (χ1v) is 4.04. The highest BCUT2D eigenvalue weighted by Crippen LogP contribution is 2.13. The maximum absolute atomic E-state index is 8.99. The third-order valence-corrected chi connectivity index (χ3v) is 1.59. The Balaban J connectivity index is 2.37. The third kappa shape index (κ3) is 3.46. The number of amidine groups is 1. The van der Waals surface area contributed by atoms with Crippen LogP contribution in [0.3, 0.4) is 0 Å². The van der Waals surface area contributed by atoms with Crippen LogP contribution in [0.5, 0.6) is 5.75 Å².